The molecule has 0 amide bonds. The van der Waals surface area contributed by atoms with E-state index < -0.39 is 6.10 Å². The lowest BCUT2D eigenvalue weighted by Crippen LogP contribution is -1.95. The zero-order chi connectivity index (χ0) is 8.72. The van der Waals surface area contributed by atoms with Gasteiger partial charge in [0, 0.05) is 13.0 Å². The Morgan fingerprint density at radius 3 is 3.00 bits per heavy atom. The number of aliphatic hydroxyl groups excluding tert-OH is 1. The van der Waals surface area contributed by atoms with Gasteiger partial charge in [-0.3, -0.25) is 0 Å². The maximum atomic E-state index is 9.36. The predicted octanol–water partition coefficient (Wildman–Crippen LogP) is 1.65. The van der Waals surface area contributed by atoms with E-state index in [1.165, 1.54) is 6.42 Å². The molecule has 0 spiro atoms. The molecule has 4 heteroatoms. The van der Waals surface area contributed by atoms with Gasteiger partial charge in [0.15, 0.2) is 0 Å². The third kappa shape index (κ3) is 1.10. The molecule has 0 saturated heterocycles. The minimum absolute atomic E-state index is 0.475. The molecule has 1 aliphatic heterocycles. The monoisotopic (exact) mass is 230 g/mol. The molecule has 2 rings (SSSR count). The summed E-state index contributed by atoms with van der Waals surface area (Å²) in [7, 11) is 0. The SMILES string of the molecule is CC(O)c1nc2n(c1Br)CCC2. The van der Waals surface area contributed by atoms with E-state index in [0.717, 1.165) is 29.1 Å². The van der Waals surface area contributed by atoms with Gasteiger partial charge in [-0.05, 0) is 29.3 Å². The van der Waals surface area contributed by atoms with Gasteiger partial charge in [-0.15, -0.1) is 0 Å². The second kappa shape index (κ2) is 2.85. The summed E-state index contributed by atoms with van der Waals surface area (Å²) in [6, 6.07) is 0. The van der Waals surface area contributed by atoms with E-state index >= 15 is 0 Å². The van der Waals surface area contributed by atoms with Crippen molar-refractivity contribution in [3.63, 3.8) is 0 Å². The highest BCUT2D eigenvalue weighted by atomic mass is 79.9. The summed E-state index contributed by atoms with van der Waals surface area (Å²) >= 11 is 3.44. The summed E-state index contributed by atoms with van der Waals surface area (Å²) in [5.41, 5.74) is 0.768. The first-order chi connectivity index (χ1) is 5.70. The average molecular weight is 231 g/mol. The van der Waals surface area contributed by atoms with E-state index in [9.17, 15) is 5.11 Å². The van der Waals surface area contributed by atoms with Gasteiger partial charge in [-0.2, -0.15) is 0 Å². The summed E-state index contributed by atoms with van der Waals surface area (Å²) in [6.45, 7) is 2.76. The largest absolute Gasteiger partial charge is 0.387 e. The van der Waals surface area contributed by atoms with Crippen LogP contribution in [0.15, 0.2) is 4.60 Å². The van der Waals surface area contributed by atoms with Crippen molar-refractivity contribution in [2.45, 2.75) is 32.4 Å². The number of nitrogens with zero attached hydrogens (tertiary/aromatic N) is 2. The maximum absolute atomic E-state index is 9.36. The normalized spacial score (nSPS) is 17.9. The highest BCUT2D eigenvalue weighted by Crippen LogP contribution is 2.28. The van der Waals surface area contributed by atoms with Gasteiger partial charge in [0.25, 0.3) is 0 Å². The van der Waals surface area contributed by atoms with Crippen LogP contribution in [-0.2, 0) is 13.0 Å². The molecule has 0 aliphatic carbocycles. The Bertz CT molecular complexity index is 306. The van der Waals surface area contributed by atoms with Gasteiger partial charge in [0.2, 0.25) is 0 Å². The van der Waals surface area contributed by atoms with Crippen molar-refractivity contribution >= 4 is 15.9 Å². The zero-order valence-corrected chi connectivity index (χ0v) is 8.50. The van der Waals surface area contributed by atoms with E-state index in [1.54, 1.807) is 6.92 Å². The first kappa shape index (κ1) is 8.26. The molecular weight excluding hydrogens is 220 g/mol. The second-order valence-corrected chi connectivity index (χ2v) is 3.89. The van der Waals surface area contributed by atoms with Gasteiger partial charge in [0.05, 0.1) is 6.10 Å². The third-order valence-electron chi connectivity index (χ3n) is 2.19. The molecule has 1 aliphatic rings. The number of rotatable bonds is 1. The number of aliphatic hydroxyl groups is 1. The van der Waals surface area contributed by atoms with E-state index in [0.29, 0.717) is 0 Å². The van der Waals surface area contributed by atoms with Crippen LogP contribution in [0.25, 0.3) is 0 Å². The van der Waals surface area contributed by atoms with Gasteiger partial charge in [-0.1, -0.05) is 0 Å². The van der Waals surface area contributed by atoms with Crippen molar-refractivity contribution < 1.29 is 5.11 Å². The minimum Gasteiger partial charge on any atom is -0.387 e. The first-order valence-electron chi connectivity index (χ1n) is 4.13. The van der Waals surface area contributed by atoms with Gasteiger partial charge >= 0.3 is 0 Å². The number of aromatic nitrogens is 2. The van der Waals surface area contributed by atoms with Crippen molar-refractivity contribution in [1.29, 1.82) is 0 Å². The lowest BCUT2D eigenvalue weighted by atomic mass is 10.3. The Morgan fingerprint density at radius 2 is 2.42 bits per heavy atom. The van der Waals surface area contributed by atoms with Crippen LogP contribution in [0.5, 0.6) is 0 Å². The van der Waals surface area contributed by atoms with Crippen molar-refractivity contribution in [1.82, 2.24) is 9.55 Å². The number of halogens is 1. The van der Waals surface area contributed by atoms with Crippen LogP contribution in [0.2, 0.25) is 0 Å². The van der Waals surface area contributed by atoms with Crippen molar-refractivity contribution in [3.05, 3.63) is 16.1 Å². The molecule has 1 aromatic heterocycles. The van der Waals surface area contributed by atoms with Crippen LogP contribution < -0.4 is 0 Å². The van der Waals surface area contributed by atoms with Crippen LogP contribution in [-0.4, -0.2) is 14.7 Å². The maximum Gasteiger partial charge on any atom is 0.111 e. The van der Waals surface area contributed by atoms with Crippen molar-refractivity contribution in [2.75, 3.05) is 0 Å². The molecule has 1 N–H and O–H groups in total. The Balaban J connectivity index is 2.47. The summed E-state index contributed by atoms with van der Waals surface area (Å²) < 4.78 is 3.08. The molecule has 0 fully saturated rings. The molecule has 12 heavy (non-hydrogen) atoms. The highest BCUT2D eigenvalue weighted by Gasteiger charge is 2.21. The molecule has 0 aromatic carbocycles. The number of fused-ring (bicyclic) bond motifs is 1. The topological polar surface area (TPSA) is 38.1 Å². The van der Waals surface area contributed by atoms with Crippen LogP contribution in [0, 0.1) is 0 Å². The van der Waals surface area contributed by atoms with Crippen LogP contribution in [0.3, 0.4) is 0 Å². The molecule has 1 unspecified atom stereocenters. The van der Waals surface area contributed by atoms with Crippen LogP contribution >= 0.6 is 15.9 Å². The van der Waals surface area contributed by atoms with Gasteiger partial charge in [-0.25, -0.2) is 4.98 Å². The van der Waals surface area contributed by atoms with Gasteiger partial charge in [0.1, 0.15) is 16.1 Å². The Hall–Kier alpha value is -0.350. The quantitative estimate of drug-likeness (QED) is 0.797. The molecule has 0 radical (unpaired) electrons. The molecule has 0 saturated carbocycles. The van der Waals surface area contributed by atoms with E-state index in [4.69, 9.17) is 0 Å². The van der Waals surface area contributed by atoms with E-state index in [1.807, 2.05) is 0 Å². The second-order valence-electron chi connectivity index (χ2n) is 3.14. The van der Waals surface area contributed by atoms with Gasteiger partial charge < -0.3 is 9.67 Å². The van der Waals surface area contributed by atoms with Crippen molar-refractivity contribution in [3.8, 4) is 0 Å². The lowest BCUT2D eigenvalue weighted by molar-refractivity contribution is 0.193. The fourth-order valence-electron chi connectivity index (χ4n) is 1.58. The number of imidazole rings is 1. The number of aryl methyl sites for hydroxylation is 1. The summed E-state index contributed by atoms with van der Waals surface area (Å²) in [4.78, 5) is 4.36. The number of hydrogen-bond donors (Lipinski definition) is 1. The number of hydrogen-bond acceptors (Lipinski definition) is 2. The van der Waals surface area contributed by atoms with E-state index in [2.05, 4.69) is 25.5 Å². The fraction of sp³-hybridized carbons (Fsp3) is 0.625. The minimum atomic E-state index is -0.475. The summed E-state index contributed by atoms with van der Waals surface area (Å²) in [5.74, 6) is 1.10. The Kier molecular flexibility index (Phi) is 1.96. The molecule has 1 atom stereocenters. The summed E-state index contributed by atoms with van der Waals surface area (Å²) in [6.07, 6.45) is 1.73. The first-order valence-corrected chi connectivity index (χ1v) is 4.92. The fourth-order valence-corrected chi connectivity index (χ4v) is 2.38. The molecule has 1 aromatic rings. The zero-order valence-electron chi connectivity index (χ0n) is 6.92. The summed E-state index contributed by atoms with van der Waals surface area (Å²) in [5, 5.41) is 9.36. The van der Waals surface area contributed by atoms with E-state index in [-0.39, 0.29) is 0 Å². The van der Waals surface area contributed by atoms with Crippen LogP contribution in [0.4, 0.5) is 0 Å². The molecular formula is C8H11BrN2O. The molecule has 0 bridgehead atoms. The average Bonchev–Trinajstić information content (AvgIpc) is 2.53. The third-order valence-corrected chi connectivity index (χ3v) is 3.02. The molecule has 66 valence electrons. The smallest absolute Gasteiger partial charge is 0.111 e. The Labute approximate surface area is 79.6 Å². The molecule has 2 heterocycles. The Morgan fingerprint density at radius 1 is 1.67 bits per heavy atom. The van der Waals surface area contributed by atoms with Crippen LogP contribution in [0.1, 0.15) is 31.0 Å². The lowest BCUT2D eigenvalue weighted by Gasteiger charge is -2.01. The highest BCUT2D eigenvalue weighted by molar-refractivity contribution is 9.10. The predicted molar refractivity (Wildman–Crippen MR) is 48.9 cm³/mol. The van der Waals surface area contributed by atoms with Crippen molar-refractivity contribution in [2.24, 2.45) is 0 Å². The standard InChI is InChI=1S/C8H11BrN2O/c1-5(12)7-8(9)11-4-2-3-6(11)10-7/h5,12H,2-4H2,1H3. The molecule has 3 nitrogen and oxygen atoms in total.